The van der Waals surface area contributed by atoms with E-state index in [2.05, 4.69) is 45.5 Å². The fourth-order valence-electron chi connectivity index (χ4n) is 3.65. The minimum Gasteiger partial charge on any atom is -0.371 e. The number of carbonyl (C=O) groups excluding carboxylic acids is 1. The molecule has 0 saturated carbocycles. The van der Waals surface area contributed by atoms with Crippen molar-refractivity contribution in [2.24, 2.45) is 0 Å². The van der Waals surface area contributed by atoms with E-state index in [0.717, 1.165) is 24.5 Å². The van der Waals surface area contributed by atoms with Gasteiger partial charge in [-0.25, -0.2) is 0 Å². The Morgan fingerprint density at radius 2 is 2.09 bits per heavy atom. The van der Waals surface area contributed by atoms with Gasteiger partial charge in [-0.3, -0.25) is 9.89 Å². The van der Waals surface area contributed by atoms with E-state index in [1.807, 2.05) is 6.20 Å². The number of aryl methyl sites for hydroxylation is 1. The maximum Gasteiger partial charge on any atom is 0.226 e. The van der Waals surface area contributed by atoms with E-state index in [0.29, 0.717) is 6.42 Å². The zero-order valence-electron chi connectivity index (χ0n) is 12.7. The summed E-state index contributed by atoms with van der Waals surface area (Å²) in [6.07, 6.45) is 4.86. The van der Waals surface area contributed by atoms with Gasteiger partial charge in [-0.05, 0) is 37.0 Å². The SMILES string of the molecule is Cc1cc(C2CC(=O)Nc3[nH]ncc32)ccc1N1CCCC1. The number of fused-ring (bicyclic) bond motifs is 1. The van der Waals surface area contributed by atoms with Crippen molar-refractivity contribution in [1.82, 2.24) is 10.2 Å². The van der Waals surface area contributed by atoms with Crippen molar-refractivity contribution in [2.75, 3.05) is 23.3 Å². The van der Waals surface area contributed by atoms with Gasteiger partial charge in [-0.2, -0.15) is 5.10 Å². The van der Waals surface area contributed by atoms with E-state index in [1.165, 1.54) is 29.7 Å². The highest BCUT2D eigenvalue weighted by Gasteiger charge is 2.28. The molecule has 2 aliphatic heterocycles. The number of H-pyrrole nitrogens is 1. The Kier molecular flexibility index (Phi) is 3.13. The second-order valence-electron chi connectivity index (χ2n) is 6.25. The van der Waals surface area contributed by atoms with Gasteiger partial charge < -0.3 is 10.2 Å². The molecule has 0 spiro atoms. The molecule has 1 fully saturated rings. The Balaban J connectivity index is 1.69. The topological polar surface area (TPSA) is 61.0 Å². The fraction of sp³-hybridized carbons (Fsp3) is 0.412. The summed E-state index contributed by atoms with van der Waals surface area (Å²) in [5.41, 5.74) is 4.88. The van der Waals surface area contributed by atoms with Gasteiger partial charge in [0.05, 0.1) is 6.20 Å². The number of benzene rings is 1. The Morgan fingerprint density at radius 3 is 2.86 bits per heavy atom. The van der Waals surface area contributed by atoms with Crippen molar-refractivity contribution in [1.29, 1.82) is 0 Å². The number of hydrogen-bond acceptors (Lipinski definition) is 3. The molecule has 114 valence electrons. The molecule has 2 aromatic rings. The summed E-state index contributed by atoms with van der Waals surface area (Å²) in [4.78, 5) is 14.4. The third-order valence-electron chi connectivity index (χ3n) is 4.77. The van der Waals surface area contributed by atoms with Gasteiger partial charge in [-0.1, -0.05) is 12.1 Å². The molecule has 1 saturated heterocycles. The lowest BCUT2D eigenvalue weighted by Crippen LogP contribution is -2.23. The minimum absolute atomic E-state index is 0.0445. The number of nitrogens with zero attached hydrogens (tertiary/aromatic N) is 2. The largest absolute Gasteiger partial charge is 0.371 e. The summed E-state index contributed by atoms with van der Waals surface area (Å²) >= 11 is 0. The molecule has 1 unspecified atom stereocenters. The molecule has 1 amide bonds. The second kappa shape index (κ2) is 5.16. The third-order valence-corrected chi connectivity index (χ3v) is 4.77. The van der Waals surface area contributed by atoms with Crippen molar-refractivity contribution in [3.8, 4) is 0 Å². The Bertz CT molecular complexity index is 715. The molecule has 4 rings (SSSR count). The Morgan fingerprint density at radius 1 is 1.27 bits per heavy atom. The monoisotopic (exact) mass is 296 g/mol. The summed E-state index contributed by atoms with van der Waals surface area (Å²) in [7, 11) is 0. The number of aromatic amines is 1. The van der Waals surface area contributed by atoms with Crippen LogP contribution in [-0.4, -0.2) is 29.2 Å². The maximum absolute atomic E-state index is 11.9. The van der Waals surface area contributed by atoms with Crippen LogP contribution in [0.5, 0.6) is 0 Å². The molecule has 22 heavy (non-hydrogen) atoms. The molecule has 2 N–H and O–H groups in total. The van der Waals surface area contributed by atoms with Crippen molar-refractivity contribution in [2.45, 2.75) is 32.1 Å². The van der Waals surface area contributed by atoms with Gasteiger partial charge in [-0.15, -0.1) is 0 Å². The van der Waals surface area contributed by atoms with Crippen LogP contribution in [-0.2, 0) is 4.79 Å². The van der Waals surface area contributed by atoms with Gasteiger partial charge in [0.2, 0.25) is 5.91 Å². The lowest BCUT2D eigenvalue weighted by Gasteiger charge is -2.25. The first-order valence-electron chi connectivity index (χ1n) is 7.91. The molecule has 1 aromatic carbocycles. The van der Waals surface area contributed by atoms with Crippen LogP contribution in [0.3, 0.4) is 0 Å². The summed E-state index contributed by atoms with van der Waals surface area (Å²) in [6.45, 7) is 4.46. The Labute approximate surface area is 129 Å². The summed E-state index contributed by atoms with van der Waals surface area (Å²) in [5, 5.41) is 9.78. The molecule has 0 aliphatic carbocycles. The van der Waals surface area contributed by atoms with Crippen molar-refractivity contribution in [3.63, 3.8) is 0 Å². The summed E-state index contributed by atoms with van der Waals surface area (Å²) in [6, 6.07) is 6.61. The summed E-state index contributed by atoms with van der Waals surface area (Å²) in [5.74, 6) is 0.874. The van der Waals surface area contributed by atoms with Gasteiger partial charge in [0.1, 0.15) is 5.82 Å². The molecular formula is C17H20N4O. The molecule has 1 atom stereocenters. The van der Waals surface area contributed by atoms with Crippen LogP contribution in [0.1, 0.15) is 41.9 Å². The Hall–Kier alpha value is -2.30. The smallest absolute Gasteiger partial charge is 0.226 e. The molecule has 0 bridgehead atoms. The number of aromatic nitrogens is 2. The number of hydrogen-bond donors (Lipinski definition) is 2. The maximum atomic E-state index is 11.9. The number of rotatable bonds is 2. The van der Waals surface area contributed by atoms with E-state index in [4.69, 9.17) is 0 Å². The molecule has 1 aromatic heterocycles. The number of amides is 1. The van der Waals surface area contributed by atoms with Gasteiger partial charge >= 0.3 is 0 Å². The van der Waals surface area contributed by atoms with Crippen LogP contribution < -0.4 is 10.2 Å². The molecule has 0 radical (unpaired) electrons. The second-order valence-corrected chi connectivity index (χ2v) is 6.25. The van der Waals surface area contributed by atoms with Crippen LogP contribution in [0.4, 0.5) is 11.5 Å². The van der Waals surface area contributed by atoms with Gasteiger partial charge in [0, 0.05) is 36.7 Å². The number of nitrogens with one attached hydrogen (secondary N) is 2. The van der Waals surface area contributed by atoms with E-state index in [9.17, 15) is 4.79 Å². The number of carbonyl (C=O) groups is 1. The van der Waals surface area contributed by atoms with Crippen LogP contribution in [0, 0.1) is 6.92 Å². The lowest BCUT2D eigenvalue weighted by molar-refractivity contribution is -0.116. The molecule has 5 heteroatoms. The zero-order chi connectivity index (χ0) is 15.1. The fourth-order valence-corrected chi connectivity index (χ4v) is 3.65. The van der Waals surface area contributed by atoms with E-state index in [1.54, 1.807) is 0 Å². The van der Waals surface area contributed by atoms with Crippen LogP contribution in [0.25, 0.3) is 0 Å². The highest BCUT2D eigenvalue weighted by atomic mass is 16.1. The van der Waals surface area contributed by atoms with Crippen molar-refractivity contribution < 1.29 is 4.79 Å². The highest BCUT2D eigenvalue weighted by Crippen LogP contribution is 2.37. The molecule has 2 aliphatic rings. The van der Waals surface area contributed by atoms with E-state index in [-0.39, 0.29) is 11.8 Å². The lowest BCUT2D eigenvalue weighted by atomic mass is 9.86. The predicted molar refractivity (Wildman–Crippen MR) is 86.3 cm³/mol. The minimum atomic E-state index is 0.0445. The van der Waals surface area contributed by atoms with Crippen LogP contribution >= 0.6 is 0 Å². The van der Waals surface area contributed by atoms with Crippen LogP contribution in [0.15, 0.2) is 24.4 Å². The zero-order valence-corrected chi connectivity index (χ0v) is 12.7. The van der Waals surface area contributed by atoms with Crippen molar-refractivity contribution >= 4 is 17.4 Å². The molecule has 3 heterocycles. The number of anilines is 2. The van der Waals surface area contributed by atoms with Gasteiger partial charge in [0.15, 0.2) is 0 Å². The molecule has 5 nitrogen and oxygen atoms in total. The first-order chi connectivity index (χ1) is 10.7. The third kappa shape index (κ3) is 2.17. The quantitative estimate of drug-likeness (QED) is 0.896. The first kappa shape index (κ1) is 13.4. The predicted octanol–water partition coefficient (Wildman–Crippen LogP) is 2.79. The average Bonchev–Trinajstić information content (AvgIpc) is 3.17. The first-order valence-corrected chi connectivity index (χ1v) is 7.91. The standard InChI is InChI=1S/C17H20N4O/c1-11-8-12(4-5-15(11)21-6-2-3-7-21)13-9-16(22)19-17-14(13)10-18-20-17/h4-5,8,10,13H,2-3,6-7,9H2,1H3,(H2,18,19,20,22). The molecular weight excluding hydrogens is 276 g/mol. The van der Waals surface area contributed by atoms with E-state index < -0.39 is 0 Å². The highest BCUT2D eigenvalue weighted by molar-refractivity contribution is 5.94. The van der Waals surface area contributed by atoms with Gasteiger partial charge in [0.25, 0.3) is 0 Å². The van der Waals surface area contributed by atoms with E-state index >= 15 is 0 Å². The summed E-state index contributed by atoms with van der Waals surface area (Å²) < 4.78 is 0. The van der Waals surface area contributed by atoms with Crippen LogP contribution in [0.2, 0.25) is 0 Å². The average molecular weight is 296 g/mol. The van der Waals surface area contributed by atoms with Crippen molar-refractivity contribution in [3.05, 3.63) is 41.1 Å². The normalized spacial score (nSPS) is 20.9.